The van der Waals surface area contributed by atoms with Crippen LogP contribution in [-0.4, -0.2) is 21.4 Å². The molecule has 1 heterocycles. The van der Waals surface area contributed by atoms with Crippen LogP contribution >= 0.6 is 0 Å². The van der Waals surface area contributed by atoms with Crippen LogP contribution in [0.3, 0.4) is 0 Å². The minimum Gasteiger partial charge on any atom is -0.457 e. The first kappa shape index (κ1) is 21.4. The fourth-order valence-corrected chi connectivity index (χ4v) is 3.54. The Balaban J connectivity index is 1.60. The number of aromatic nitrogens is 1. The van der Waals surface area contributed by atoms with E-state index >= 15 is 0 Å². The second kappa shape index (κ2) is 8.38. The van der Waals surface area contributed by atoms with Gasteiger partial charge >= 0.3 is 6.18 Å². The van der Waals surface area contributed by atoms with Crippen LogP contribution in [0.25, 0.3) is 16.6 Å². The van der Waals surface area contributed by atoms with Crippen molar-refractivity contribution in [2.45, 2.75) is 12.3 Å². The minimum absolute atomic E-state index is 0.122. The Morgan fingerprint density at radius 3 is 2.38 bits per heavy atom. The average Bonchev–Trinajstić information content (AvgIpc) is 3.22. The van der Waals surface area contributed by atoms with Gasteiger partial charge in [-0.2, -0.15) is 18.4 Å². The summed E-state index contributed by atoms with van der Waals surface area (Å²) in [6, 6.07) is 18.8. The molecule has 32 heavy (non-hydrogen) atoms. The Bertz CT molecular complexity index is 1310. The van der Waals surface area contributed by atoms with Gasteiger partial charge in [0, 0.05) is 17.3 Å². The molecule has 0 saturated carbocycles. The van der Waals surface area contributed by atoms with Crippen molar-refractivity contribution in [2.75, 3.05) is 6.61 Å². The molecule has 0 unspecified atom stereocenters. The molecule has 0 aliphatic carbocycles. The molecule has 0 fully saturated rings. The molecular formula is C24H17F3N2O3. The monoisotopic (exact) mass is 438 g/mol. The third-order valence-corrected chi connectivity index (χ3v) is 5.07. The lowest BCUT2D eigenvalue weighted by atomic mass is 10.1. The SMILES string of the molecule is N#Cc1cc(Oc2ccc(-n3ccc4c([C@H](O)CO)cccc43)cc2)ccc1C(F)(F)F. The molecule has 0 amide bonds. The smallest absolute Gasteiger partial charge is 0.417 e. The van der Waals surface area contributed by atoms with E-state index in [0.29, 0.717) is 11.3 Å². The van der Waals surface area contributed by atoms with Crippen molar-refractivity contribution in [1.82, 2.24) is 4.57 Å². The van der Waals surface area contributed by atoms with Crippen LogP contribution in [0, 0.1) is 11.3 Å². The Labute approximate surface area is 181 Å². The maximum Gasteiger partial charge on any atom is 0.417 e. The number of aliphatic hydroxyl groups is 2. The lowest BCUT2D eigenvalue weighted by molar-refractivity contribution is -0.137. The Morgan fingerprint density at radius 2 is 1.72 bits per heavy atom. The number of hydrogen-bond donors (Lipinski definition) is 2. The van der Waals surface area contributed by atoms with E-state index in [-0.39, 0.29) is 12.4 Å². The van der Waals surface area contributed by atoms with Crippen molar-refractivity contribution in [3.63, 3.8) is 0 Å². The van der Waals surface area contributed by atoms with E-state index in [9.17, 15) is 23.4 Å². The minimum atomic E-state index is -4.61. The van der Waals surface area contributed by atoms with Crippen LogP contribution in [0.4, 0.5) is 13.2 Å². The largest absolute Gasteiger partial charge is 0.457 e. The van der Waals surface area contributed by atoms with Gasteiger partial charge in [-0.05, 0) is 60.2 Å². The second-order valence-electron chi connectivity index (χ2n) is 7.08. The van der Waals surface area contributed by atoms with Crippen LogP contribution in [0.1, 0.15) is 22.8 Å². The molecule has 0 spiro atoms. The van der Waals surface area contributed by atoms with E-state index in [1.54, 1.807) is 42.5 Å². The number of benzene rings is 3. The second-order valence-corrected chi connectivity index (χ2v) is 7.08. The van der Waals surface area contributed by atoms with Crippen molar-refractivity contribution in [2.24, 2.45) is 0 Å². The molecule has 5 nitrogen and oxygen atoms in total. The number of hydrogen-bond acceptors (Lipinski definition) is 4. The van der Waals surface area contributed by atoms with Crippen molar-refractivity contribution >= 4 is 10.9 Å². The van der Waals surface area contributed by atoms with Gasteiger partial charge in [-0.3, -0.25) is 0 Å². The third-order valence-electron chi connectivity index (χ3n) is 5.07. The first-order valence-electron chi connectivity index (χ1n) is 9.60. The highest BCUT2D eigenvalue weighted by Gasteiger charge is 2.33. The third kappa shape index (κ3) is 4.04. The molecule has 4 aromatic rings. The van der Waals surface area contributed by atoms with Gasteiger partial charge in [-0.15, -0.1) is 0 Å². The molecule has 0 radical (unpaired) electrons. The molecule has 0 aliphatic rings. The number of halogens is 3. The van der Waals surface area contributed by atoms with Gasteiger partial charge < -0.3 is 19.5 Å². The molecule has 1 aromatic heterocycles. The molecular weight excluding hydrogens is 421 g/mol. The summed E-state index contributed by atoms with van der Waals surface area (Å²) in [5.41, 5.74) is 0.747. The van der Waals surface area contributed by atoms with E-state index in [4.69, 9.17) is 10.00 Å². The number of nitriles is 1. The van der Waals surface area contributed by atoms with Gasteiger partial charge in [0.25, 0.3) is 0 Å². The Hall–Kier alpha value is -3.80. The van der Waals surface area contributed by atoms with Gasteiger partial charge in [-0.1, -0.05) is 12.1 Å². The van der Waals surface area contributed by atoms with Crippen molar-refractivity contribution < 1.29 is 28.1 Å². The van der Waals surface area contributed by atoms with Gasteiger partial charge in [-0.25, -0.2) is 0 Å². The summed E-state index contributed by atoms with van der Waals surface area (Å²) in [5.74, 6) is 0.515. The Morgan fingerprint density at radius 1 is 1.00 bits per heavy atom. The summed E-state index contributed by atoms with van der Waals surface area (Å²) >= 11 is 0. The molecule has 3 aromatic carbocycles. The van der Waals surface area contributed by atoms with Crippen LogP contribution in [0.2, 0.25) is 0 Å². The summed E-state index contributed by atoms with van der Waals surface area (Å²) in [6.07, 6.45) is -3.76. The topological polar surface area (TPSA) is 78.4 Å². The zero-order valence-corrected chi connectivity index (χ0v) is 16.5. The van der Waals surface area contributed by atoms with E-state index in [2.05, 4.69) is 0 Å². The maximum atomic E-state index is 13.0. The fourth-order valence-electron chi connectivity index (χ4n) is 3.54. The van der Waals surface area contributed by atoms with Gasteiger partial charge in [0.1, 0.15) is 17.6 Å². The van der Waals surface area contributed by atoms with Crippen LogP contribution in [0.5, 0.6) is 11.5 Å². The fraction of sp³-hybridized carbons (Fsp3) is 0.125. The first-order chi connectivity index (χ1) is 15.3. The molecule has 8 heteroatoms. The number of alkyl halides is 3. The van der Waals surface area contributed by atoms with Gasteiger partial charge in [0.05, 0.1) is 29.3 Å². The number of rotatable bonds is 5. The quantitative estimate of drug-likeness (QED) is 0.441. The predicted octanol–water partition coefficient (Wildman–Crippen LogP) is 5.34. The maximum absolute atomic E-state index is 13.0. The van der Waals surface area contributed by atoms with Crippen LogP contribution in [-0.2, 0) is 6.18 Å². The van der Waals surface area contributed by atoms with Crippen molar-refractivity contribution in [3.8, 4) is 23.3 Å². The number of nitrogens with zero attached hydrogens (tertiary/aromatic N) is 2. The zero-order chi connectivity index (χ0) is 22.9. The van der Waals surface area contributed by atoms with Crippen LogP contribution in [0.15, 0.2) is 72.9 Å². The van der Waals surface area contributed by atoms with E-state index < -0.39 is 23.4 Å². The van der Waals surface area contributed by atoms with Crippen LogP contribution < -0.4 is 4.74 Å². The number of aliphatic hydroxyl groups excluding tert-OH is 2. The highest BCUT2D eigenvalue weighted by atomic mass is 19.4. The van der Waals surface area contributed by atoms with Gasteiger partial charge in [0.2, 0.25) is 0 Å². The summed E-state index contributed by atoms with van der Waals surface area (Å²) in [4.78, 5) is 0. The zero-order valence-electron chi connectivity index (χ0n) is 16.5. The average molecular weight is 438 g/mol. The van der Waals surface area contributed by atoms with Crippen molar-refractivity contribution in [1.29, 1.82) is 5.26 Å². The normalized spacial score (nSPS) is 12.5. The molecule has 0 saturated heterocycles. The van der Waals surface area contributed by atoms with E-state index in [0.717, 1.165) is 28.7 Å². The van der Waals surface area contributed by atoms with Crippen molar-refractivity contribution in [3.05, 3.63) is 89.6 Å². The summed E-state index contributed by atoms with van der Waals surface area (Å²) < 4.78 is 46.4. The molecule has 0 aliphatic heterocycles. The van der Waals surface area contributed by atoms with E-state index in [1.807, 2.05) is 22.9 Å². The van der Waals surface area contributed by atoms with E-state index in [1.165, 1.54) is 6.07 Å². The lowest BCUT2D eigenvalue weighted by Gasteiger charge is -2.12. The van der Waals surface area contributed by atoms with Gasteiger partial charge in [0.15, 0.2) is 0 Å². The molecule has 2 N–H and O–H groups in total. The molecule has 0 bridgehead atoms. The highest BCUT2D eigenvalue weighted by Crippen LogP contribution is 2.35. The molecule has 4 rings (SSSR count). The summed E-state index contributed by atoms with van der Waals surface area (Å²) in [7, 11) is 0. The standard InChI is InChI=1S/C24H17F3N2O3/c25-24(26,27)21-9-8-18(12-15(21)13-28)32-17-6-4-16(5-7-17)29-11-10-19-20(23(31)14-30)2-1-3-22(19)29/h1-12,23,30-31H,14H2/t23-/m1/s1. The summed E-state index contributed by atoms with van der Waals surface area (Å²) in [6.45, 7) is -0.381. The molecule has 1 atom stereocenters. The number of fused-ring (bicyclic) bond motifs is 1. The Kier molecular flexibility index (Phi) is 5.61. The summed E-state index contributed by atoms with van der Waals surface area (Å²) in [5, 5.41) is 29.1. The molecule has 162 valence electrons. The number of ether oxygens (including phenoxy) is 1. The highest BCUT2D eigenvalue weighted by molar-refractivity contribution is 5.85. The lowest BCUT2D eigenvalue weighted by Crippen LogP contribution is -2.07. The first-order valence-corrected chi connectivity index (χ1v) is 9.60. The predicted molar refractivity (Wildman–Crippen MR) is 112 cm³/mol.